The van der Waals surface area contributed by atoms with Gasteiger partial charge >= 0.3 is 0 Å². The van der Waals surface area contributed by atoms with Crippen LogP contribution in [-0.4, -0.2) is 33.3 Å². The molecule has 0 bridgehead atoms. The zero-order valence-corrected chi connectivity index (χ0v) is 12.4. The predicted octanol–water partition coefficient (Wildman–Crippen LogP) is 3.14. The van der Waals surface area contributed by atoms with E-state index in [4.69, 9.17) is 0 Å². The molecule has 0 atom stereocenters. The number of likely N-dealkylation sites (N-methyl/N-ethyl adjacent to an activating group) is 1. The van der Waals surface area contributed by atoms with Crippen LogP contribution in [0.2, 0.25) is 0 Å². The molecule has 1 aliphatic carbocycles. The van der Waals surface area contributed by atoms with E-state index in [2.05, 4.69) is 4.98 Å². The van der Waals surface area contributed by atoms with Crippen LogP contribution in [0.25, 0.3) is 11.7 Å². The fraction of sp³-hybridized carbons (Fsp3) is 0.412. The number of carbonyl (C=O) groups excluding carboxylic acids is 1. The summed E-state index contributed by atoms with van der Waals surface area (Å²) in [7, 11) is 1.91. The van der Waals surface area contributed by atoms with Crippen molar-refractivity contribution in [1.82, 2.24) is 14.3 Å². The van der Waals surface area contributed by atoms with E-state index in [1.807, 2.05) is 46.8 Å². The van der Waals surface area contributed by atoms with Crippen molar-refractivity contribution in [2.45, 2.75) is 38.1 Å². The van der Waals surface area contributed by atoms with Crippen molar-refractivity contribution in [3.63, 3.8) is 0 Å². The SMILES string of the molecule is CN(C(=O)/C=C/c1cnc2ccccn12)C1CCCCC1. The molecular weight excluding hydrogens is 262 g/mol. The summed E-state index contributed by atoms with van der Waals surface area (Å²) in [5.41, 5.74) is 1.82. The van der Waals surface area contributed by atoms with E-state index in [9.17, 15) is 4.79 Å². The number of hydrogen-bond donors (Lipinski definition) is 0. The van der Waals surface area contributed by atoms with E-state index in [1.54, 1.807) is 12.3 Å². The summed E-state index contributed by atoms with van der Waals surface area (Å²) in [6, 6.07) is 6.27. The number of imidazole rings is 1. The Bertz CT molecular complexity index is 653. The predicted molar refractivity (Wildman–Crippen MR) is 83.9 cm³/mol. The molecule has 2 heterocycles. The van der Waals surface area contributed by atoms with Gasteiger partial charge in [-0.25, -0.2) is 4.98 Å². The lowest BCUT2D eigenvalue weighted by molar-refractivity contribution is -0.127. The lowest BCUT2D eigenvalue weighted by Gasteiger charge is -2.30. The largest absolute Gasteiger partial charge is 0.339 e. The van der Waals surface area contributed by atoms with Crippen LogP contribution in [-0.2, 0) is 4.79 Å². The molecule has 1 amide bonds. The third kappa shape index (κ3) is 2.99. The van der Waals surface area contributed by atoms with Gasteiger partial charge in [0.15, 0.2) is 0 Å². The van der Waals surface area contributed by atoms with E-state index >= 15 is 0 Å². The molecule has 4 nitrogen and oxygen atoms in total. The van der Waals surface area contributed by atoms with Crippen LogP contribution < -0.4 is 0 Å². The van der Waals surface area contributed by atoms with Crippen LogP contribution in [0.5, 0.6) is 0 Å². The second-order valence-corrected chi connectivity index (χ2v) is 5.69. The van der Waals surface area contributed by atoms with Crippen molar-refractivity contribution in [3.8, 4) is 0 Å². The molecule has 0 spiro atoms. The molecule has 1 saturated carbocycles. The number of amides is 1. The van der Waals surface area contributed by atoms with Crippen LogP contribution in [0.15, 0.2) is 36.7 Å². The maximum absolute atomic E-state index is 12.3. The van der Waals surface area contributed by atoms with Gasteiger partial charge in [0.1, 0.15) is 5.65 Å². The first kappa shape index (κ1) is 13.9. The molecule has 2 aromatic heterocycles. The first-order chi connectivity index (χ1) is 10.3. The van der Waals surface area contributed by atoms with Gasteiger partial charge in [-0.1, -0.05) is 25.3 Å². The Kier molecular flexibility index (Phi) is 4.04. The molecule has 110 valence electrons. The number of fused-ring (bicyclic) bond motifs is 1. The minimum atomic E-state index is 0.0766. The molecule has 4 heteroatoms. The van der Waals surface area contributed by atoms with Gasteiger partial charge in [0.2, 0.25) is 5.91 Å². The minimum absolute atomic E-state index is 0.0766. The summed E-state index contributed by atoms with van der Waals surface area (Å²) in [5.74, 6) is 0.0766. The summed E-state index contributed by atoms with van der Waals surface area (Å²) >= 11 is 0. The Labute approximate surface area is 125 Å². The van der Waals surface area contributed by atoms with E-state index in [0.717, 1.165) is 24.2 Å². The average Bonchev–Trinajstić information content (AvgIpc) is 2.96. The lowest BCUT2D eigenvalue weighted by atomic mass is 9.94. The zero-order valence-electron chi connectivity index (χ0n) is 12.4. The molecule has 2 aromatic rings. The fourth-order valence-electron chi connectivity index (χ4n) is 3.00. The third-order valence-corrected chi connectivity index (χ3v) is 4.31. The standard InChI is InChI=1S/C17H21N3O/c1-19(14-7-3-2-4-8-14)17(21)11-10-15-13-18-16-9-5-6-12-20(15)16/h5-6,9-14H,2-4,7-8H2,1H3/b11-10+. The molecule has 0 aromatic carbocycles. The van der Waals surface area contributed by atoms with Crippen LogP contribution in [0, 0.1) is 0 Å². The normalized spacial score (nSPS) is 16.6. The van der Waals surface area contributed by atoms with E-state index in [-0.39, 0.29) is 5.91 Å². The monoisotopic (exact) mass is 283 g/mol. The summed E-state index contributed by atoms with van der Waals surface area (Å²) in [5, 5.41) is 0. The Morgan fingerprint density at radius 3 is 2.95 bits per heavy atom. The number of rotatable bonds is 3. The van der Waals surface area contributed by atoms with Crippen molar-refractivity contribution in [3.05, 3.63) is 42.4 Å². The molecular formula is C17H21N3O. The molecule has 1 fully saturated rings. The van der Waals surface area contributed by atoms with Crippen molar-refractivity contribution in [2.24, 2.45) is 0 Å². The number of aromatic nitrogens is 2. The molecule has 3 rings (SSSR count). The molecule has 0 unspecified atom stereocenters. The highest BCUT2D eigenvalue weighted by atomic mass is 16.2. The van der Waals surface area contributed by atoms with Gasteiger partial charge in [-0.3, -0.25) is 4.79 Å². The van der Waals surface area contributed by atoms with Crippen molar-refractivity contribution >= 4 is 17.6 Å². The van der Waals surface area contributed by atoms with Gasteiger partial charge in [0.25, 0.3) is 0 Å². The van der Waals surface area contributed by atoms with Gasteiger partial charge in [-0.15, -0.1) is 0 Å². The van der Waals surface area contributed by atoms with Crippen LogP contribution in [0.3, 0.4) is 0 Å². The van der Waals surface area contributed by atoms with E-state index in [1.165, 1.54) is 19.3 Å². The summed E-state index contributed by atoms with van der Waals surface area (Å²) in [6.07, 6.45) is 13.3. The second-order valence-electron chi connectivity index (χ2n) is 5.69. The molecule has 0 aliphatic heterocycles. The second kappa shape index (κ2) is 6.12. The smallest absolute Gasteiger partial charge is 0.246 e. The molecule has 0 radical (unpaired) electrons. The average molecular weight is 283 g/mol. The Hall–Kier alpha value is -2.10. The summed E-state index contributed by atoms with van der Waals surface area (Å²) in [4.78, 5) is 18.5. The topological polar surface area (TPSA) is 37.6 Å². The van der Waals surface area contributed by atoms with Gasteiger partial charge in [0, 0.05) is 25.4 Å². The Morgan fingerprint density at radius 1 is 1.33 bits per heavy atom. The highest BCUT2D eigenvalue weighted by Crippen LogP contribution is 2.21. The molecule has 1 aliphatic rings. The summed E-state index contributed by atoms with van der Waals surface area (Å²) in [6.45, 7) is 0. The lowest BCUT2D eigenvalue weighted by Crippen LogP contribution is -2.37. The number of hydrogen-bond acceptors (Lipinski definition) is 2. The van der Waals surface area contributed by atoms with Crippen molar-refractivity contribution in [2.75, 3.05) is 7.05 Å². The minimum Gasteiger partial charge on any atom is -0.339 e. The highest BCUT2D eigenvalue weighted by molar-refractivity contribution is 5.91. The van der Waals surface area contributed by atoms with Gasteiger partial charge in [-0.05, 0) is 31.1 Å². The summed E-state index contributed by atoms with van der Waals surface area (Å²) < 4.78 is 1.98. The maximum Gasteiger partial charge on any atom is 0.246 e. The van der Waals surface area contributed by atoms with Crippen LogP contribution in [0.4, 0.5) is 0 Å². The van der Waals surface area contributed by atoms with Crippen molar-refractivity contribution < 1.29 is 4.79 Å². The van der Waals surface area contributed by atoms with Gasteiger partial charge < -0.3 is 9.30 Å². The van der Waals surface area contributed by atoms with Crippen LogP contribution >= 0.6 is 0 Å². The van der Waals surface area contributed by atoms with Gasteiger partial charge in [-0.2, -0.15) is 0 Å². The molecule has 21 heavy (non-hydrogen) atoms. The Morgan fingerprint density at radius 2 is 2.14 bits per heavy atom. The highest BCUT2D eigenvalue weighted by Gasteiger charge is 2.20. The quantitative estimate of drug-likeness (QED) is 0.812. The van der Waals surface area contributed by atoms with E-state index < -0.39 is 0 Å². The van der Waals surface area contributed by atoms with Gasteiger partial charge in [0.05, 0.1) is 11.9 Å². The third-order valence-electron chi connectivity index (χ3n) is 4.31. The number of pyridine rings is 1. The van der Waals surface area contributed by atoms with E-state index in [0.29, 0.717) is 6.04 Å². The fourth-order valence-corrected chi connectivity index (χ4v) is 3.00. The first-order valence-electron chi connectivity index (χ1n) is 7.62. The Balaban J connectivity index is 1.71. The zero-order chi connectivity index (χ0) is 14.7. The molecule has 0 saturated heterocycles. The number of nitrogens with zero attached hydrogens (tertiary/aromatic N) is 3. The molecule has 0 N–H and O–H groups in total. The first-order valence-corrected chi connectivity index (χ1v) is 7.62. The van der Waals surface area contributed by atoms with Crippen molar-refractivity contribution in [1.29, 1.82) is 0 Å². The number of carbonyl (C=O) groups is 1. The maximum atomic E-state index is 12.3. The van der Waals surface area contributed by atoms with Crippen LogP contribution in [0.1, 0.15) is 37.8 Å².